The van der Waals surface area contributed by atoms with E-state index >= 15 is 0 Å². The zero-order valence-corrected chi connectivity index (χ0v) is 17.8. The van der Waals surface area contributed by atoms with Gasteiger partial charge >= 0.3 is 0 Å². The fraction of sp³-hybridized carbons (Fsp3) is 0.619. The molecule has 2 aromatic rings. The van der Waals surface area contributed by atoms with E-state index in [1.807, 2.05) is 0 Å². The van der Waals surface area contributed by atoms with Gasteiger partial charge in [-0.3, -0.25) is 0 Å². The molecule has 2 heterocycles. The molecule has 1 aromatic carbocycles. The predicted octanol–water partition coefficient (Wildman–Crippen LogP) is 2.78. The Bertz CT molecular complexity index is 998. The van der Waals surface area contributed by atoms with E-state index in [1.54, 1.807) is 0 Å². The Balaban J connectivity index is 1.35. The molecular formula is C21H29N5O2S. The number of aryl methyl sites for hydroxylation is 2. The molecule has 0 saturated carbocycles. The number of nitrogens with zero attached hydrogens (tertiary/aromatic N) is 3. The maximum atomic E-state index is 12.8. The van der Waals surface area contributed by atoms with Crippen LogP contribution in [0.15, 0.2) is 11.2 Å². The van der Waals surface area contributed by atoms with E-state index in [1.165, 1.54) is 35.1 Å². The van der Waals surface area contributed by atoms with Crippen molar-refractivity contribution >= 4 is 21.5 Å². The minimum absolute atomic E-state index is 0.0233. The molecule has 1 aromatic heterocycles. The van der Waals surface area contributed by atoms with Gasteiger partial charge in [-0.05, 0) is 93.6 Å². The highest BCUT2D eigenvalue weighted by molar-refractivity contribution is 7.91. The highest BCUT2D eigenvalue weighted by atomic mass is 32.2. The molecule has 156 valence electrons. The van der Waals surface area contributed by atoms with Crippen LogP contribution in [0.1, 0.15) is 54.4 Å². The lowest BCUT2D eigenvalue weighted by molar-refractivity contribution is 0.304. The van der Waals surface area contributed by atoms with E-state index in [0.717, 1.165) is 50.8 Å². The van der Waals surface area contributed by atoms with Gasteiger partial charge in [0.15, 0.2) is 0 Å². The van der Waals surface area contributed by atoms with Crippen molar-refractivity contribution in [2.24, 2.45) is 0 Å². The monoisotopic (exact) mass is 415 g/mol. The number of hydrogen-bond acceptors (Lipinski definition) is 6. The Hall–Kier alpha value is -1.93. The van der Waals surface area contributed by atoms with E-state index < -0.39 is 9.84 Å². The highest BCUT2D eigenvalue weighted by Gasteiger charge is 2.27. The summed E-state index contributed by atoms with van der Waals surface area (Å²) in [6.45, 7) is 1.05. The number of anilines is 2. The fourth-order valence-corrected chi connectivity index (χ4v) is 6.44. The van der Waals surface area contributed by atoms with Crippen LogP contribution in [-0.4, -0.2) is 53.9 Å². The van der Waals surface area contributed by atoms with Gasteiger partial charge in [-0.15, -0.1) is 5.10 Å². The minimum Gasteiger partial charge on any atom is -0.322 e. The molecule has 0 radical (unpaired) electrons. The van der Waals surface area contributed by atoms with Gasteiger partial charge in [0.05, 0.1) is 5.75 Å². The summed E-state index contributed by atoms with van der Waals surface area (Å²) in [5.74, 6) is 0.461. The molecule has 29 heavy (non-hydrogen) atoms. The second kappa shape index (κ2) is 7.40. The molecule has 5 rings (SSSR count). The van der Waals surface area contributed by atoms with Gasteiger partial charge in [0.25, 0.3) is 0 Å². The number of aromatic amines is 1. The Morgan fingerprint density at radius 1 is 1.14 bits per heavy atom. The number of fused-ring (bicyclic) bond motifs is 2. The SMILES string of the molecule is CN1CCCC1CCS(=O)(=O)c1nc(Nc2c3c(cc4c2CCC4)CCC3)n[nH]1. The van der Waals surface area contributed by atoms with Crippen LogP contribution in [0.3, 0.4) is 0 Å². The van der Waals surface area contributed by atoms with Crippen LogP contribution in [0.4, 0.5) is 11.6 Å². The highest BCUT2D eigenvalue weighted by Crippen LogP contribution is 2.39. The van der Waals surface area contributed by atoms with Crippen molar-refractivity contribution in [2.75, 3.05) is 24.7 Å². The van der Waals surface area contributed by atoms with Crippen LogP contribution >= 0.6 is 0 Å². The van der Waals surface area contributed by atoms with E-state index in [-0.39, 0.29) is 10.9 Å². The summed E-state index contributed by atoms with van der Waals surface area (Å²) in [6.07, 6.45) is 9.59. The summed E-state index contributed by atoms with van der Waals surface area (Å²) < 4.78 is 25.5. The third-order valence-corrected chi connectivity index (χ3v) is 8.41. The van der Waals surface area contributed by atoms with Crippen molar-refractivity contribution in [1.82, 2.24) is 20.1 Å². The van der Waals surface area contributed by atoms with E-state index in [9.17, 15) is 8.42 Å². The van der Waals surface area contributed by atoms with Crippen molar-refractivity contribution in [1.29, 1.82) is 0 Å². The quantitative estimate of drug-likeness (QED) is 0.754. The largest absolute Gasteiger partial charge is 0.322 e. The maximum absolute atomic E-state index is 12.8. The van der Waals surface area contributed by atoms with Crippen LogP contribution in [-0.2, 0) is 35.5 Å². The van der Waals surface area contributed by atoms with Crippen LogP contribution in [0.2, 0.25) is 0 Å². The van der Waals surface area contributed by atoms with Gasteiger partial charge in [0.1, 0.15) is 0 Å². The molecule has 2 aliphatic carbocycles. The second-order valence-electron chi connectivity index (χ2n) is 8.71. The van der Waals surface area contributed by atoms with E-state index in [2.05, 4.69) is 38.5 Å². The molecule has 0 amide bonds. The number of rotatable bonds is 6. The van der Waals surface area contributed by atoms with Crippen molar-refractivity contribution < 1.29 is 8.42 Å². The normalized spacial score (nSPS) is 21.5. The van der Waals surface area contributed by atoms with Gasteiger partial charge in [0, 0.05) is 11.7 Å². The zero-order valence-electron chi connectivity index (χ0n) is 17.0. The molecule has 3 aliphatic rings. The van der Waals surface area contributed by atoms with Gasteiger partial charge < -0.3 is 10.2 Å². The number of sulfone groups is 1. The molecule has 0 spiro atoms. The lowest BCUT2D eigenvalue weighted by Crippen LogP contribution is -2.27. The van der Waals surface area contributed by atoms with Gasteiger partial charge in [0.2, 0.25) is 20.9 Å². The van der Waals surface area contributed by atoms with Gasteiger partial charge in [-0.25, -0.2) is 13.5 Å². The van der Waals surface area contributed by atoms with E-state index in [0.29, 0.717) is 18.4 Å². The van der Waals surface area contributed by atoms with Crippen molar-refractivity contribution in [3.05, 3.63) is 28.3 Å². The van der Waals surface area contributed by atoms with Crippen molar-refractivity contribution in [2.45, 2.75) is 69.0 Å². The standard InChI is InChI=1S/C21H29N5O2S/c1-26-11-4-7-16(26)10-12-29(27,28)21-23-20(24-25-21)22-19-17-8-2-5-14(17)13-15-6-3-9-18(15)19/h13,16H,2-12H2,1H3,(H2,22,23,24,25). The van der Waals surface area contributed by atoms with Crippen LogP contribution < -0.4 is 5.32 Å². The number of aromatic nitrogens is 3. The van der Waals surface area contributed by atoms with Crippen LogP contribution in [0.5, 0.6) is 0 Å². The smallest absolute Gasteiger partial charge is 0.247 e. The molecule has 1 atom stereocenters. The first kappa shape index (κ1) is 19.1. The molecule has 1 aliphatic heterocycles. The van der Waals surface area contributed by atoms with Crippen LogP contribution in [0, 0.1) is 0 Å². The van der Waals surface area contributed by atoms with E-state index in [4.69, 9.17) is 0 Å². The first-order chi connectivity index (χ1) is 14.0. The number of nitrogens with one attached hydrogen (secondary N) is 2. The molecule has 0 bridgehead atoms. The summed E-state index contributed by atoms with van der Waals surface area (Å²) in [5.41, 5.74) is 6.71. The summed E-state index contributed by atoms with van der Waals surface area (Å²) in [4.78, 5) is 6.56. The maximum Gasteiger partial charge on any atom is 0.247 e. The number of benzene rings is 1. The molecule has 2 N–H and O–H groups in total. The summed E-state index contributed by atoms with van der Waals surface area (Å²) in [6, 6.07) is 2.73. The predicted molar refractivity (Wildman–Crippen MR) is 112 cm³/mol. The summed E-state index contributed by atoms with van der Waals surface area (Å²) in [7, 11) is -1.39. The lowest BCUT2D eigenvalue weighted by atomic mass is 9.99. The second-order valence-corrected chi connectivity index (χ2v) is 10.7. The Kier molecular flexibility index (Phi) is 4.86. The number of hydrogen-bond donors (Lipinski definition) is 2. The van der Waals surface area contributed by atoms with Crippen molar-refractivity contribution in [3.63, 3.8) is 0 Å². The molecule has 8 heteroatoms. The minimum atomic E-state index is -3.46. The number of H-pyrrole nitrogens is 1. The van der Waals surface area contributed by atoms with Crippen molar-refractivity contribution in [3.8, 4) is 0 Å². The molecule has 1 fully saturated rings. The summed E-state index contributed by atoms with van der Waals surface area (Å²) in [5, 5.41) is 10.2. The third kappa shape index (κ3) is 3.57. The molecule has 1 saturated heterocycles. The molecule has 1 unspecified atom stereocenters. The molecular weight excluding hydrogens is 386 g/mol. The molecule has 7 nitrogen and oxygen atoms in total. The van der Waals surface area contributed by atoms with Gasteiger partial charge in [-0.1, -0.05) is 6.07 Å². The number of likely N-dealkylation sites (tertiary alicyclic amines) is 1. The fourth-order valence-electron chi connectivity index (χ4n) is 5.25. The third-order valence-electron chi connectivity index (χ3n) is 6.86. The Morgan fingerprint density at radius 2 is 1.86 bits per heavy atom. The topological polar surface area (TPSA) is 91.0 Å². The first-order valence-corrected chi connectivity index (χ1v) is 12.5. The first-order valence-electron chi connectivity index (χ1n) is 10.8. The lowest BCUT2D eigenvalue weighted by Gasteiger charge is -2.18. The summed E-state index contributed by atoms with van der Waals surface area (Å²) >= 11 is 0. The average Bonchev–Trinajstić information content (AvgIpc) is 3.47. The van der Waals surface area contributed by atoms with Gasteiger partial charge in [-0.2, -0.15) is 4.98 Å². The average molecular weight is 416 g/mol. The van der Waals surface area contributed by atoms with Crippen LogP contribution in [0.25, 0.3) is 0 Å². The zero-order chi connectivity index (χ0) is 20.0. The Labute approximate surface area is 172 Å². The Morgan fingerprint density at radius 3 is 2.52 bits per heavy atom.